The van der Waals surface area contributed by atoms with Gasteiger partial charge in [0.25, 0.3) is 5.91 Å². The first-order valence-electron chi connectivity index (χ1n) is 7.00. The van der Waals surface area contributed by atoms with Gasteiger partial charge >= 0.3 is 0 Å². The SMILES string of the molecule is C#CCCC[C@@H](NC(=O)c1cnc2ccccc2c1)C(N)=O. The molecule has 0 saturated carbocycles. The van der Waals surface area contributed by atoms with E-state index in [4.69, 9.17) is 12.2 Å². The van der Waals surface area contributed by atoms with Crippen LogP contribution in [0.25, 0.3) is 10.9 Å². The number of fused-ring (bicyclic) bond motifs is 1. The van der Waals surface area contributed by atoms with Crippen LogP contribution in [-0.2, 0) is 4.79 Å². The molecule has 2 rings (SSSR count). The quantitative estimate of drug-likeness (QED) is 0.627. The molecule has 22 heavy (non-hydrogen) atoms. The highest BCUT2D eigenvalue weighted by Crippen LogP contribution is 2.13. The molecule has 0 unspecified atom stereocenters. The van der Waals surface area contributed by atoms with Gasteiger partial charge in [-0.1, -0.05) is 18.2 Å². The van der Waals surface area contributed by atoms with Gasteiger partial charge in [-0.25, -0.2) is 0 Å². The van der Waals surface area contributed by atoms with E-state index in [0.717, 1.165) is 10.9 Å². The second kappa shape index (κ2) is 7.23. The molecule has 1 aromatic heterocycles. The molecule has 112 valence electrons. The summed E-state index contributed by atoms with van der Waals surface area (Å²) in [6.45, 7) is 0. The van der Waals surface area contributed by atoms with Crippen molar-refractivity contribution in [3.63, 3.8) is 0 Å². The number of hydrogen-bond donors (Lipinski definition) is 2. The average molecular weight is 295 g/mol. The molecule has 0 aliphatic heterocycles. The molecule has 0 spiro atoms. The van der Waals surface area contributed by atoms with Gasteiger partial charge < -0.3 is 11.1 Å². The number of terminal acetylenes is 1. The van der Waals surface area contributed by atoms with Crippen LogP contribution in [0.4, 0.5) is 0 Å². The molecular formula is C17H17N3O2. The number of carbonyl (C=O) groups excluding carboxylic acids is 2. The van der Waals surface area contributed by atoms with E-state index >= 15 is 0 Å². The van der Waals surface area contributed by atoms with Gasteiger partial charge in [0.15, 0.2) is 0 Å². The zero-order valence-corrected chi connectivity index (χ0v) is 12.1. The Morgan fingerprint density at radius 3 is 2.86 bits per heavy atom. The Hall–Kier alpha value is -2.87. The Kier molecular flexibility index (Phi) is 5.10. The second-order valence-corrected chi connectivity index (χ2v) is 4.94. The third-order valence-electron chi connectivity index (χ3n) is 3.32. The molecule has 0 bridgehead atoms. The van der Waals surface area contributed by atoms with Crippen molar-refractivity contribution < 1.29 is 9.59 Å². The van der Waals surface area contributed by atoms with Crippen LogP contribution in [0, 0.1) is 12.3 Å². The van der Waals surface area contributed by atoms with E-state index in [2.05, 4.69) is 16.2 Å². The number of nitrogens with zero attached hydrogens (tertiary/aromatic N) is 1. The van der Waals surface area contributed by atoms with Crippen molar-refractivity contribution in [2.75, 3.05) is 0 Å². The number of carbonyl (C=O) groups is 2. The molecule has 2 aromatic rings. The molecule has 0 radical (unpaired) electrons. The van der Waals surface area contributed by atoms with Crippen molar-refractivity contribution in [2.45, 2.75) is 25.3 Å². The van der Waals surface area contributed by atoms with Crippen LogP contribution in [0.2, 0.25) is 0 Å². The van der Waals surface area contributed by atoms with Crippen molar-refractivity contribution in [3.05, 3.63) is 42.1 Å². The maximum absolute atomic E-state index is 12.2. The highest BCUT2D eigenvalue weighted by atomic mass is 16.2. The van der Waals surface area contributed by atoms with Crippen LogP contribution in [0.3, 0.4) is 0 Å². The molecule has 0 aliphatic carbocycles. The zero-order valence-electron chi connectivity index (χ0n) is 12.1. The van der Waals surface area contributed by atoms with Gasteiger partial charge in [0.05, 0.1) is 11.1 Å². The fourth-order valence-electron chi connectivity index (χ4n) is 2.13. The summed E-state index contributed by atoms with van der Waals surface area (Å²) in [4.78, 5) is 27.9. The molecule has 0 fully saturated rings. The van der Waals surface area contributed by atoms with Crippen LogP contribution in [0.15, 0.2) is 36.5 Å². The van der Waals surface area contributed by atoms with Crippen molar-refractivity contribution in [1.82, 2.24) is 10.3 Å². The van der Waals surface area contributed by atoms with E-state index in [1.807, 2.05) is 24.3 Å². The van der Waals surface area contributed by atoms with Gasteiger partial charge in [-0.3, -0.25) is 14.6 Å². The van der Waals surface area contributed by atoms with Gasteiger partial charge in [0.2, 0.25) is 5.91 Å². The third kappa shape index (κ3) is 3.83. The van der Waals surface area contributed by atoms with Crippen molar-refractivity contribution in [2.24, 2.45) is 5.73 Å². The second-order valence-electron chi connectivity index (χ2n) is 4.94. The van der Waals surface area contributed by atoms with Crippen LogP contribution >= 0.6 is 0 Å². The number of aromatic nitrogens is 1. The molecule has 5 heteroatoms. The first kappa shape index (κ1) is 15.5. The minimum atomic E-state index is -0.729. The maximum Gasteiger partial charge on any atom is 0.253 e. The van der Waals surface area contributed by atoms with E-state index in [0.29, 0.717) is 24.8 Å². The average Bonchev–Trinajstić information content (AvgIpc) is 2.53. The Labute approximate surface area is 128 Å². The fraction of sp³-hybridized carbons (Fsp3) is 0.235. The molecule has 0 saturated heterocycles. The monoisotopic (exact) mass is 295 g/mol. The van der Waals surface area contributed by atoms with Crippen LogP contribution < -0.4 is 11.1 Å². The molecule has 3 N–H and O–H groups in total. The molecule has 2 amide bonds. The number of unbranched alkanes of at least 4 members (excludes halogenated alkanes) is 1. The smallest absolute Gasteiger partial charge is 0.253 e. The van der Waals surface area contributed by atoms with Crippen molar-refractivity contribution in [3.8, 4) is 12.3 Å². The van der Waals surface area contributed by atoms with E-state index in [9.17, 15) is 9.59 Å². The minimum Gasteiger partial charge on any atom is -0.368 e. The van der Waals surface area contributed by atoms with E-state index < -0.39 is 11.9 Å². The number of primary amides is 1. The summed E-state index contributed by atoms with van der Waals surface area (Å²) >= 11 is 0. The van der Waals surface area contributed by atoms with Gasteiger partial charge in [0.1, 0.15) is 6.04 Å². The summed E-state index contributed by atoms with van der Waals surface area (Å²) < 4.78 is 0. The highest BCUT2D eigenvalue weighted by molar-refractivity contribution is 5.99. The zero-order chi connectivity index (χ0) is 15.9. The van der Waals surface area contributed by atoms with Crippen LogP contribution in [-0.4, -0.2) is 22.8 Å². The highest BCUT2D eigenvalue weighted by Gasteiger charge is 2.18. The first-order valence-corrected chi connectivity index (χ1v) is 7.00. The number of nitrogens with two attached hydrogens (primary N) is 1. The van der Waals surface area contributed by atoms with Gasteiger partial charge in [-0.15, -0.1) is 12.3 Å². The number of nitrogens with one attached hydrogen (secondary N) is 1. The number of hydrogen-bond acceptors (Lipinski definition) is 3. The topological polar surface area (TPSA) is 85.1 Å². The Balaban J connectivity index is 2.11. The lowest BCUT2D eigenvalue weighted by Crippen LogP contribution is -2.44. The molecular weight excluding hydrogens is 278 g/mol. The number of para-hydroxylation sites is 1. The summed E-state index contributed by atoms with van der Waals surface area (Å²) in [6, 6.07) is 8.49. The lowest BCUT2D eigenvalue weighted by atomic mass is 10.1. The number of benzene rings is 1. The van der Waals surface area contributed by atoms with E-state index in [1.54, 1.807) is 6.07 Å². The van der Waals surface area contributed by atoms with E-state index in [1.165, 1.54) is 6.20 Å². The molecule has 1 aromatic carbocycles. The normalized spacial score (nSPS) is 11.6. The molecule has 1 heterocycles. The summed E-state index contributed by atoms with van der Waals surface area (Å²) in [5.41, 5.74) is 6.51. The van der Waals surface area contributed by atoms with Crippen LogP contribution in [0.1, 0.15) is 29.6 Å². The number of rotatable bonds is 6. The van der Waals surface area contributed by atoms with Gasteiger partial charge in [-0.05, 0) is 25.0 Å². The number of amides is 2. The Bertz CT molecular complexity index is 734. The standard InChI is InChI=1S/C17H17N3O2/c1-2-3-4-9-15(16(18)21)20-17(22)13-10-12-7-5-6-8-14(12)19-11-13/h1,5-8,10-11,15H,3-4,9H2,(H2,18,21)(H,20,22)/t15-/m1/s1. The Morgan fingerprint density at radius 1 is 1.36 bits per heavy atom. The summed E-state index contributed by atoms with van der Waals surface area (Å²) in [7, 11) is 0. The summed E-state index contributed by atoms with van der Waals surface area (Å²) in [5.74, 6) is 1.55. The first-order chi connectivity index (χ1) is 10.6. The summed E-state index contributed by atoms with van der Waals surface area (Å²) in [6.07, 6.45) is 8.24. The molecule has 5 nitrogen and oxygen atoms in total. The van der Waals surface area contributed by atoms with Crippen LogP contribution in [0.5, 0.6) is 0 Å². The summed E-state index contributed by atoms with van der Waals surface area (Å²) in [5, 5.41) is 3.49. The molecule has 1 atom stereocenters. The van der Waals surface area contributed by atoms with E-state index in [-0.39, 0.29) is 5.91 Å². The van der Waals surface area contributed by atoms with Gasteiger partial charge in [-0.2, -0.15) is 0 Å². The lowest BCUT2D eigenvalue weighted by Gasteiger charge is -2.15. The van der Waals surface area contributed by atoms with Crippen molar-refractivity contribution >= 4 is 22.7 Å². The Morgan fingerprint density at radius 2 is 2.14 bits per heavy atom. The third-order valence-corrected chi connectivity index (χ3v) is 3.32. The van der Waals surface area contributed by atoms with Gasteiger partial charge in [0, 0.05) is 18.0 Å². The predicted octanol–water partition coefficient (Wildman–Crippen LogP) is 1.62. The number of pyridine rings is 1. The largest absolute Gasteiger partial charge is 0.368 e. The lowest BCUT2D eigenvalue weighted by molar-refractivity contribution is -0.120. The minimum absolute atomic E-state index is 0.372. The maximum atomic E-state index is 12.2. The molecule has 0 aliphatic rings. The van der Waals surface area contributed by atoms with Crippen molar-refractivity contribution in [1.29, 1.82) is 0 Å². The fourth-order valence-corrected chi connectivity index (χ4v) is 2.13. The predicted molar refractivity (Wildman–Crippen MR) is 84.9 cm³/mol.